The van der Waals surface area contributed by atoms with Gasteiger partial charge in [-0.25, -0.2) is 9.67 Å². The van der Waals surface area contributed by atoms with Crippen LogP contribution in [-0.4, -0.2) is 25.8 Å². The third kappa shape index (κ3) is 3.82. The van der Waals surface area contributed by atoms with Gasteiger partial charge in [0.2, 0.25) is 0 Å². The van der Waals surface area contributed by atoms with E-state index in [1.54, 1.807) is 23.1 Å². The largest absolute Gasteiger partial charge is 0.361 e. The van der Waals surface area contributed by atoms with Gasteiger partial charge in [0.15, 0.2) is 11.5 Å². The van der Waals surface area contributed by atoms with E-state index in [1.807, 2.05) is 32.0 Å². The molecule has 0 aliphatic rings. The number of hydrogen-bond acceptors (Lipinski definition) is 5. The number of aromatic nitrogens is 4. The number of nitrogens with one attached hydrogen (secondary N) is 1. The lowest BCUT2D eigenvalue weighted by Gasteiger charge is -2.13. The summed E-state index contributed by atoms with van der Waals surface area (Å²) in [5, 5.41) is 11.2. The van der Waals surface area contributed by atoms with Crippen LogP contribution >= 0.6 is 0 Å². The number of carbonyl (C=O) groups excluding carboxylic acids is 1. The molecule has 0 radical (unpaired) electrons. The first-order chi connectivity index (χ1) is 12.5. The molecule has 0 bridgehead atoms. The quantitative estimate of drug-likeness (QED) is 0.735. The fourth-order valence-corrected chi connectivity index (χ4v) is 2.82. The first kappa shape index (κ1) is 17.8. The highest BCUT2D eigenvalue weighted by atomic mass is 16.5. The van der Waals surface area contributed by atoms with Crippen molar-refractivity contribution < 1.29 is 9.32 Å². The molecule has 7 nitrogen and oxygen atoms in total. The Hall–Kier alpha value is -2.96. The van der Waals surface area contributed by atoms with Crippen LogP contribution in [-0.2, 0) is 6.42 Å². The topological polar surface area (TPSA) is 85.8 Å². The van der Waals surface area contributed by atoms with Crippen LogP contribution in [0.25, 0.3) is 5.82 Å². The molecule has 0 unspecified atom stereocenters. The van der Waals surface area contributed by atoms with Crippen LogP contribution in [0.4, 0.5) is 0 Å². The SMILES string of the molecule is Cc1c([C@H](C)NC(=O)c2cc(CC(C)C)on2)cnn1-c1ccccn1. The molecule has 7 heteroatoms. The molecule has 136 valence electrons. The van der Waals surface area contributed by atoms with Gasteiger partial charge in [0.25, 0.3) is 5.91 Å². The predicted molar refractivity (Wildman–Crippen MR) is 97.0 cm³/mol. The van der Waals surface area contributed by atoms with Crippen molar-refractivity contribution in [3.8, 4) is 5.82 Å². The summed E-state index contributed by atoms with van der Waals surface area (Å²) in [6, 6.07) is 7.14. The van der Waals surface area contributed by atoms with E-state index in [2.05, 4.69) is 34.4 Å². The van der Waals surface area contributed by atoms with Gasteiger partial charge in [0.05, 0.1) is 12.2 Å². The average Bonchev–Trinajstić information content (AvgIpc) is 3.22. The predicted octanol–water partition coefficient (Wildman–Crippen LogP) is 3.25. The van der Waals surface area contributed by atoms with Gasteiger partial charge in [-0.05, 0) is 31.9 Å². The Morgan fingerprint density at radius 1 is 1.31 bits per heavy atom. The van der Waals surface area contributed by atoms with Crippen LogP contribution < -0.4 is 5.32 Å². The fraction of sp³-hybridized carbons (Fsp3) is 0.368. The van der Waals surface area contributed by atoms with Crippen molar-refractivity contribution in [2.45, 2.75) is 40.2 Å². The standard InChI is InChI=1S/C19H23N5O2/c1-12(2)9-15-10-17(23-26-15)19(25)22-13(3)16-11-21-24(14(16)4)18-7-5-6-8-20-18/h5-8,10-13H,9H2,1-4H3,(H,22,25)/t13-/m0/s1. The molecule has 3 rings (SSSR count). The fourth-order valence-electron chi connectivity index (χ4n) is 2.82. The molecule has 3 aromatic heterocycles. The Labute approximate surface area is 152 Å². The van der Waals surface area contributed by atoms with Crippen molar-refractivity contribution in [2.75, 3.05) is 0 Å². The summed E-state index contributed by atoms with van der Waals surface area (Å²) in [7, 11) is 0. The molecule has 1 atom stereocenters. The van der Waals surface area contributed by atoms with E-state index in [1.165, 1.54) is 0 Å². The van der Waals surface area contributed by atoms with Gasteiger partial charge in [-0.1, -0.05) is 25.1 Å². The van der Waals surface area contributed by atoms with E-state index in [9.17, 15) is 4.79 Å². The smallest absolute Gasteiger partial charge is 0.273 e. The second-order valence-electron chi connectivity index (χ2n) is 6.76. The Morgan fingerprint density at radius 3 is 2.81 bits per heavy atom. The minimum atomic E-state index is -0.263. The number of pyridine rings is 1. The lowest BCUT2D eigenvalue weighted by atomic mass is 10.1. The zero-order chi connectivity index (χ0) is 18.7. The molecule has 3 heterocycles. The summed E-state index contributed by atoms with van der Waals surface area (Å²) in [5.74, 6) is 1.64. The van der Waals surface area contributed by atoms with Crippen molar-refractivity contribution in [1.29, 1.82) is 0 Å². The van der Waals surface area contributed by atoms with E-state index < -0.39 is 0 Å². The molecule has 3 aromatic rings. The number of rotatable bonds is 6. The number of nitrogens with zero attached hydrogens (tertiary/aromatic N) is 4. The first-order valence-corrected chi connectivity index (χ1v) is 8.68. The molecule has 0 aliphatic heterocycles. The molecular weight excluding hydrogens is 330 g/mol. The average molecular weight is 353 g/mol. The molecule has 0 saturated heterocycles. The number of carbonyl (C=O) groups is 1. The highest BCUT2D eigenvalue weighted by molar-refractivity contribution is 5.92. The zero-order valence-corrected chi connectivity index (χ0v) is 15.4. The zero-order valence-electron chi connectivity index (χ0n) is 15.4. The van der Waals surface area contributed by atoms with Gasteiger partial charge in [0, 0.05) is 29.9 Å². The molecule has 0 spiro atoms. The molecule has 1 N–H and O–H groups in total. The Balaban J connectivity index is 1.72. The van der Waals surface area contributed by atoms with Crippen molar-refractivity contribution in [1.82, 2.24) is 25.2 Å². The molecule has 26 heavy (non-hydrogen) atoms. The van der Waals surface area contributed by atoms with Crippen LogP contribution in [0, 0.1) is 12.8 Å². The Morgan fingerprint density at radius 2 is 2.12 bits per heavy atom. The molecular formula is C19H23N5O2. The minimum Gasteiger partial charge on any atom is -0.361 e. The van der Waals surface area contributed by atoms with Gasteiger partial charge < -0.3 is 9.84 Å². The lowest BCUT2D eigenvalue weighted by molar-refractivity contribution is 0.0930. The third-order valence-corrected chi connectivity index (χ3v) is 4.13. The van der Waals surface area contributed by atoms with Crippen LogP contribution in [0.3, 0.4) is 0 Å². The maximum absolute atomic E-state index is 12.4. The van der Waals surface area contributed by atoms with Gasteiger partial charge in [0.1, 0.15) is 5.76 Å². The van der Waals surface area contributed by atoms with Gasteiger partial charge in [-0.15, -0.1) is 0 Å². The minimum absolute atomic E-state index is 0.217. The highest BCUT2D eigenvalue weighted by Gasteiger charge is 2.19. The summed E-state index contributed by atoms with van der Waals surface area (Å²) in [4.78, 5) is 16.8. The van der Waals surface area contributed by atoms with Crippen molar-refractivity contribution >= 4 is 5.91 Å². The van der Waals surface area contributed by atoms with E-state index >= 15 is 0 Å². The molecule has 0 aliphatic carbocycles. The highest BCUT2D eigenvalue weighted by Crippen LogP contribution is 2.20. The van der Waals surface area contributed by atoms with E-state index in [0.717, 1.165) is 29.3 Å². The summed E-state index contributed by atoms with van der Waals surface area (Å²) >= 11 is 0. The second kappa shape index (κ2) is 7.51. The summed E-state index contributed by atoms with van der Waals surface area (Å²) in [6.45, 7) is 8.05. The van der Waals surface area contributed by atoms with Crippen LogP contribution in [0.2, 0.25) is 0 Å². The maximum atomic E-state index is 12.4. The Kier molecular flexibility index (Phi) is 5.16. The first-order valence-electron chi connectivity index (χ1n) is 8.68. The molecule has 0 fully saturated rings. The Bertz CT molecular complexity index is 882. The maximum Gasteiger partial charge on any atom is 0.273 e. The number of hydrogen-bond donors (Lipinski definition) is 1. The van der Waals surface area contributed by atoms with Crippen molar-refractivity contribution in [3.63, 3.8) is 0 Å². The van der Waals surface area contributed by atoms with Gasteiger partial charge in [-0.3, -0.25) is 4.79 Å². The molecule has 0 aromatic carbocycles. The lowest BCUT2D eigenvalue weighted by Crippen LogP contribution is -2.27. The van der Waals surface area contributed by atoms with Crippen molar-refractivity contribution in [2.24, 2.45) is 5.92 Å². The van der Waals surface area contributed by atoms with Crippen molar-refractivity contribution in [3.05, 3.63) is 59.4 Å². The van der Waals surface area contributed by atoms with E-state index in [0.29, 0.717) is 11.6 Å². The van der Waals surface area contributed by atoms with E-state index in [-0.39, 0.29) is 11.9 Å². The summed E-state index contributed by atoms with van der Waals surface area (Å²) in [5.41, 5.74) is 2.15. The van der Waals surface area contributed by atoms with E-state index in [4.69, 9.17) is 4.52 Å². The van der Waals surface area contributed by atoms with Gasteiger partial charge in [-0.2, -0.15) is 5.10 Å². The normalized spacial score (nSPS) is 12.3. The monoisotopic (exact) mass is 353 g/mol. The third-order valence-electron chi connectivity index (χ3n) is 4.13. The number of amides is 1. The summed E-state index contributed by atoms with van der Waals surface area (Å²) < 4.78 is 6.99. The van der Waals surface area contributed by atoms with Gasteiger partial charge >= 0.3 is 0 Å². The molecule has 0 saturated carbocycles. The van der Waals surface area contributed by atoms with Crippen LogP contribution in [0.15, 0.2) is 41.2 Å². The van der Waals surface area contributed by atoms with Crippen LogP contribution in [0.5, 0.6) is 0 Å². The molecule has 1 amide bonds. The second-order valence-corrected chi connectivity index (χ2v) is 6.76. The summed E-state index contributed by atoms with van der Waals surface area (Å²) in [6.07, 6.45) is 4.23. The van der Waals surface area contributed by atoms with Crippen LogP contribution in [0.1, 0.15) is 54.3 Å².